The molecule has 0 saturated heterocycles. The molecule has 0 atom stereocenters. The third kappa shape index (κ3) is 3.84. The average molecular weight is 301 g/mol. The van der Waals surface area contributed by atoms with Gasteiger partial charge in [0.2, 0.25) is 10.0 Å². The van der Waals surface area contributed by atoms with Crippen molar-refractivity contribution >= 4 is 21.4 Å². The Morgan fingerprint density at radius 1 is 1.30 bits per heavy atom. The molecule has 7 heteroatoms. The molecule has 0 fully saturated rings. The van der Waals surface area contributed by atoms with Gasteiger partial charge in [0.15, 0.2) is 0 Å². The van der Waals surface area contributed by atoms with Crippen LogP contribution >= 0.6 is 0 Å². The van der Waals surface area contributed by atoms with Crippen molar-refractivity contribution in [2.45, 2.75) is 37.6 Å². The van der Waals surface area contributed by atoms with Gasteiger partial charge in [-0.2, -0.15) is 0 Å². The Morgan fingerprint density at radius 3 is 2.30 bits per heavy atom. The van der Waals surface area contributed by atoms with Gasteiger partial charge in [-0.3, -0.25) is 0 Å². The molecule has 0 aromatic heterocycles. The van der Waals surface area contributed by atoms with E-state index in [4.69, 9.17) is 10.9 Å². The van der Waals surface area contributed by atoms with E-state index in [9.17, 15) is 13.5 Å². The van der Waals surface area contributed by atoms with Crippen molar-refractivity contribution in [2.75, 3.05) is 23.8 Å². The second-order valence-corrected chi connectivity index (χ2v) is 6.21. The molecular weight excluding hydrogens is 278 g/mol. The molecule has 0 aliphatic rings. The zero-order chi connectivity index (χ0) is 15.3. The number of aliphatic hydroxyl groups is 1. The maximum atomic E-state index is 11.3. The topological polar surface area (TPSA) is 110 Å². The molecule has 0 amide bonds. The van der Waals surface area contributed by atoms with Crippen LogP contribution in [0.25, 0.3) is 0 Å². The van der Waals surface area contributed by atoms with Crippen molar-refractivity contribution in [1.82, 2.24) is 0 Å². The quantitative estimate of drug-likeness (QED) is 0.648. The van der Waals surface area contributed by atoms with Gasteiger partial charge in [0.05, 0.1) is 22.9 Å². The fraction of sp³-hybridized carbons (Fsp3) is 0.538. The third-order valence-corrected chi connectivity index (χ3v) is 4.27. The molecule has 0 saturated carbocycles. The number of benzene rings is 1. The maximum Gasteiger partial charge on any atom is 0.238 e. The molecule has 0 unspecified atom stereocenters. The Labute approximate surface area is 120 Å². The zero-order valence-corrected chi connectivity index (χ0v) is 12.7. The van der Waals surface area contributed by atoms with E-state index >= 15 is 0 Å². The van der Waals surface area contributed by atoms with Crippen molar-refractivity contribution in [3.8, 4) is 0 Å². The van der Waals surface area contributed by atoms with Crippen molar-refractivity contribution in [1.29, 1.82) is 0 Å². The second kappa shape index (κ2) is 6.92. The van der Waals surface area contributed by atoms with E-state index in [1.165, 1.54) is 12.1 Å². The number of hydrogen-bond donors (Lipinski definition) is 3. The summed E-state index contributed by atoms with van der Waals surface area (Å²) in [7, 11) is -3.76. The van der Waals surface area contributed by atoms with Crippen LogP contribution in [0.2, 0.25) is 0 Å². The van der Waals surface area contributed by atoms with Gasteiger partial charge in [0, 0.05) is 12.6 Å². The van der Waals surface area contributed by atoms with Crippen molar-refractivity contribution < 1.29 is 13.5 Å². The number of hydrogen-bond acceptors (Lipinski definition) is 5. The first-order chi connectivity index (χ1) is 9.35. The highest BCUT2D eigenvalue weighted by Gasteiger charge is 2.19. The highest BCUT2D eigenvalue weighted by Crippen LogP contribution is 2.28. The van der Waals surface area contributed by atoms with Crippen molar-refractivity contribution in [3.63, 3.8) is 0 Å². The highest BCUT2D eigenvalue weighted by molar-refractivity contribution is 7.89. The third-order valence-electron chi connectivity index (χ3n) is 3.36. The summed E-state index contributed by atoms with van der Waals surface area (Å²) in [4.78, 5) is 2.00. The van der Waals surface area contributed by atoms with Gasteiger partial charge in [-0.25, -0.2) is 13.6 Å². The standard InChI is InChI=1S/C13H23N3O3S/c1-3-10(4-2)16(7-8-17)13-6-5-11(9-12(13)14)20(15,18)19/h5-6,9-10,17H,3-4,7-8,14H2,1-2H3,(H2,15,18,19). The molecule has 0 aliphatic carbocycles. The first-order valence-corrected chi connectivity index (χ1v) is 8.19. The Kier molecular flexibility index (Phi) is 5.79. The van der Waals surface area contributed by atoms with E-state index in [0.717, 1.165) is 18.5 Å². The van der Waals surface area contributed by atoms with Crippen LogP contribution in [0.5, 0.6) is 0 Å². The molecule has 20 heavy (non-hydrogen) atoms. The number of primary sulfonamides is 1. The van der Waals surface area contributed by atoms with E-state index in [-0.39, 0.29) is 17.5 Å². The predicted octanol–water partition coefficient (Wildman–Crippen LogP) is 0.903. The Bertz CT molecular complexity index is 542. The molecule has 0 heterocycles. The molecule has 0 spiro atoms. The van der Waals surface area contributed by atoms with E-state index < -0.39 is 10.0 Å². The minimum atomic E-state index is -3.76. The van der Waals surface area contributed by atoms with Crippen LogP contribution in [0.1, 0.15) is 26.7 Å². The second-order valence-electron chi connectivity index (χ2n) is 4.65. The summed E-state index contributed by atoms with van der Waals surface area (Å²) in [6.07, 6.45) is 1.82. The Morgan fingerprint density at radius 2 is 1.90 bits per heavy atom. The Hall–Kier alpha value is -1.31. The number of nitrogens with zero attached hydrogens (tertiary/aromatic N) is 1. The number of sulfonamides is 1. The van der Waals surface area contributed by atoms with E-state index in [0.29, 0.717) is 12.2 Å². The van der Waals surface area contributed by atoms with Crippen molar-refractivity contribution in [2.24, 2.45) is 5.14 Å². The Balaban J connectivity index is 3.21. The number of aliphatic hydroxyl groups excluding tert-OH is 1. The lowest BCUT2D eigenvalue weighted by molar-refractivity contribution is 0.296. The lowest BCUT2D eigenvalue weighted by atomic mass is 10.1. The van der Waals surface area contributed by atoms with E-state index in [2.05, 4.69) is 13.8 Å². The molecule has 1 rings (SSSR count). The van der Waals surface area contributed by atoms with Crippen LogP contribution in [-0.2, 0) is 10.0 Å². The summed E-state index contributed by atoms with van der Waals surface area (Å²) >= 11 is 0. The largest absolute Gasteiger partial charge is 0.397 e. The summed E-state index contributed by atoms with van der Waals surface area (Å²) < 4.78 is 22.6. The summed E-state index contributed by atoms with van der Waals surface area (Å²) in [6.45, 7) is 4.58. The minimum absolute atomic E-state index is 0.00682. The smallest absolute Gasteiger partial charge is 0.238 e. The monoisotopic (exact) mass is 301 g/mol. The van der Waals surface area contributed by atoms with Gasteiger partial charge >= 0.3 is 0 Å². The minimum Gasteiger partial charge on any atom is -0.397 e. The molecular formula is C13H23N3O3S. The molecule has 1 aromatic rings. The molecule has 0 aliphatic heterocycles. The fourth-order valence-electron chi connectivity index (χ4n) is 2.31. The van der Waals surface area contributed by atoms with Crippen molar-refractivity contribution in [3.05, 3.63) is 18.2 Å². The van der Waals surface area contributed by atoms with Crippen LogP contribution in [-0.4, -0.2) is 32.7 Å². The van der Waals surface area contributed by atoms with Crippen LogP contribution in [0, 0.1) is 0 Å². The fourth-order valence-corrected chi connectivity index (χ4v) is 2.86. The predicted molar refractivity (Wildman–Crippen MR) is 81.0 cm³/mol. The summed E-state index contributed by atoms with van der Waals surface area (Å²) in [5, 5.41) is 14.3. The summed E-state index contributed by atoms with van der Waals surface area (Å²) in [5.74, 6) is 0. The van der Waals surface area contributed by atoms with E-state index in [1.807, 2.05) is 4.90 Å². The van der Waals surface area contributed by atoms with Crippen LogP contribution in [0.3, 0.4) is 0 Å². The van der Waals surface area contributed by atoms with Crippen LogP contribution in [0.15, 0.2) is 23.1 Å². The SMILES string of the molecule is CCC(CC)N(CCO)c1ccc(S(N)(=O)=O)cc1N. The molecule has 114 valence electrons. The van der Waals surface area contributed by atoms with Gasteiger partial charge in [-0.15, -0.1) is 0 Å². The zero-order valence-electron chi connectivity index (χ0n) is 11.9. The summed E-state index contributed by atoms with van der Waals surface area (Å²) in [6, 6.07) is 4.68. The van der Waals surface area contributed by atoms with Crippen LogP contribution in [0.4, 0.5) is 11.4 Å². The molecule has 5 N–H and O–H groups in total. The molecule has 0 radical (unpaired) electrons. The number of nitrogens with two attached hydrogens (primary N) is 2. The first kappa shape index (κ1) is 16.7. The molecule has 0 bridgehead atoms. The highest BCUT2D eigenvalue weighted by atomic mass is 32.2. The van der Waals surface area contributed by atoms with Gasteiger partial charge in [0.1, 0.15) is 0 Å². The van der Waals surface area contributed by atoms with Gasteiger partial charge in [-0.1, -0.05) is 13.8 Å². The van der Waals surface area contributed by atoms with Gasteiger partial charge in [-0.05, 0) is 31.0 Å². The average Bonchev–Trinajstić information content (AvgIpc) is 2.38. The van der Waals surface area contributed by atoms with E-state index in [1.54, 1.807) is 6.07 Å². The lowest BCUT2D eigenvalue weighted by Gasteiger charge is -2.33. The van der Waals surface area contributed by atoms with Gasteiger partial charge in [0.25, 0.3) is 0 Å². The van der Waals surface area contributed by atoms with Gasteiger partial charge < -0.3 is 15.7 Å². The van der Waals surface area contributed by atoms with Crippen LogP contribution < -0.4 is 15.8 Å². The number of rotatable bonds is 7. The summed E-state index contributed by atoms with van der Waals surface area (Å²) in [5.41, 5.74) is 7.02. The normalized spacial score (nSPS) is 11.8. The molecule has 1 aromatic carbocycles. The lowest BCUT2D eigenvalue weighted by Crippen LogP contribution is -2.37. The molecule has 6 nitrogen and oxygen atoms in total. The first-order valence-electron chi connectivity index (χ1n) is 6.64. The number of nitrogen functional groups attached to an aromatic ring is 1. The maximum absolute atomic E-state index is 11.3. The number of anilines is 2.